The molecule has 0 saturated heterocycles. The number of halogens is 1. The third kappa shape index (κ3) is 2.53. The van der Waals surface area contributed by atoms with Gasteiger partial charge < -0.3 is 5.73 Å². The molecule has 0 fully saturated rings. The lowest BCUT2D eigenvalue weighted by Crippen LogP contribution is -2.20. The minimum atomic E-state index is 0.497. The van der Waals surface area contributed by atoms with Crippen molar-refractivity contribution in [2.75, 3.05) is 12.4 Å². The Morgan fingerprint density at radius 2 is 2.00 bits per heavy atom. The Kier molecular flexibility index (Phi) is 4.29. The van der Waals surface area contributed by atoms with Crippen LogP contribution in [-0.4, -0.2) is 12.4 Å². The summed E-state index contributed by atoms with van der Waals surface area (Å²) in [6, 6.07) is 0. The Morgan fingerprint density at radius 3 is 2.00 bits per heavy atom. The molecule has 0 aliphatic heterocycles. The van der Waals surface area contributed by atoms with Gasteiger partial charge in [-0.15, -0.1) is 11.6 Å². The van der Waals surface area contributed by atoms with Crippen molar-refractivity contribution in [2.24, 2.45) is 17.6 Å². The standard InChI is InChI=1S/C6H14ClN/c1-5(2)6(3-7)4-8/h5-6H,3-4,8H2,1-2H3. The first kappa shape index (κ1) is 8.25. The van der Waals surface area contributed by atoms with Crippen LogP contribution < -0.4 is 5.73 Å². The van der Waals surface area contributed by atoms with Gasteiger partial charge in [0.2, 0.25) is 0 Å². The van der Waals surface area contributed by atoms with Gasteiger partial charge >= 0.3 is 0 Å². The van der Waals surface area contributed by atoms with Gasteiger partial charge in [0, 0.05) is 5.88 Å². The van der Waals surface area contributed by atoms with E-state index in [4.69, 9.17) is 17.3 Å². The highest BCUT2D eigenvalue weighted by atomic mass is 35.5. The van der Waals surface area contributed by atoms with Crippen molar-refractivity contribution in [1.82, 2.24) is 0 Å². The average molecular weight is 136 g/mol. The van der Waals surface area contributed by atoms with E-state index < -0.39 is 0 Å². The number of hydrogen-bond donors (Lipinski definition) is 1. The highest BCUT2D eigenvalue weighted by molar-refractivity contribution is 6.18. The van der Waals surface area contributed by atoms with Crippen LogP contribution in [0.5, 0.6) is 0 Å². The Bertz CT molecular complexity index is 50.5. The highest BCUT2D eigenvalue weighted by Crippen LogP contribution is 2.09. The molecule has 0 heterocycles. The molecule has 1 unspecified atom stereocenters. The molecule has 1 nitrogen and oxygen atoms in total. The summed E-state index contributed by atoms with van der Waals surface area (Å²) < 4.78 is 0. The van der Waals surface area contributed by atoms with Crippen LogP contribution in [0.4, 0.5) is 0 Å². The summed E-state index contributed by atoms with van der Waals surface area (Å²) in [4.78, 5) is 0. The largest absolute Gasteiger partial charge is 0.330 e. The molecule has 0 aliphatic rings. The molecule has 0 amide bonds. The normalized spacial score (nSPS) is 14.6. The maximum Gasteiger partial charge on any atom is 0.0266 e. The maximum atomic E-state index is 5.58. The lowest BCUT2D eigenvalue weighted by Gasteiger charge is -2.13. The van der Waals surface area contributed by atoms with Gasteiger partial charge in [-0.2, -0.15) is 0 Å². The lowest BCUT2D eigenvalue weighted by molar-refractivity contribution is 0.434. The van der Waals surface area contributed by atoms with E-state index in [-0.39, 0.29) is 0 Å². The summed E-state index contributed by atoms with van der Waals surface area (Å²) in [7, 11) is 0. The van der Waals surface area contributed by atoms with Crippen molar-refractivity contribution in [2.45, 2.75) is 13.8 Å². The predicted molar refractivity (Wildman–Crippen MR) is 38.1 cm³/mol. The number of rotatable bonds is 3. The monoisotopic (exact) mass is 135 g/mol. The van der Waals surface area contributed by atoms with E-state index in [0.717, 1.165) is 0 Å². The fourth-order valence-electron chi connectivity index (χ4n) is 0.513. The van der Waals surface area contributed by atoms with Crippen LogP contribution in [0, 0.1) is 11.8 Å². The summed E-state index contributed by atoms with van der Waals surface area (Å²) in [6.07, 6.45) is 0. The molecule has 0 aromatic rings. The average Bonchev–Trinajstić information content (AvgIpc) is 1.69. The van der Waals surface area contributed by atoms with E-state index in [0.29, 0.717) is 24.3 Å². The van der Waals surface area contributed by atoms with Crippen LogP contribution >= 0.6 is 11.6 Å². The van der Waals surface area contributed by atoms with Gasteiger partial charge in [-0.05, 0) is 18.4 Å². The predicted octanol–water partition coefficient (Wildman–Crippen LogP) is 1.46. The second-order valence-corrected chi connectivity index (χ2v) is 2.70. The van der Waals surface area contributed by atoms with E-state index in [1.54, 1.807) is 0 Å². The molecular weight excluding hydrogens is 122 g/mol. The molecule has 0 radical (unpaired) electrons. The second-order valence-electron chi connectivity index (χ2n) is 2.39. The van der Waals surface area contributed by atoms with Crippen molar-refractivity contribution in [3.8, 4) is 0 Å². The van der Waals surface area contributed by atoms with Gasteiger partial charge in [0.05, 0.1) is 0 Å². The molecule has 0 spiro atoms. The molecule has 0 aromatic heterocycles. The minimum absolute atomic E-state index is 0.497. The second kappa shape index (κ2) is 4.16. The van der Waals surface area contributed by atoms with Crippen LogP contribution in [-0.2, 0) is 0 Å². The molecule has 8 heavy (non-hydrogen) atoms. The van der Waals surface area contributed by atoms with Gasteiger partial charge in [-0.25, -0.2) is 0 Å². The molecule has 0 rings (SSSR count). The van der Waals surface area contributed by atoms with E-state index in [9.17, 15) is 0 Å². The first-order valence-corrected chi connectivity index (χ1v) is 3.51. The zero-order valence-electron chi connectivity index (χ0n) is 5.52. The maximum absolute atomic E-state index is 5.58. The van der Waals surface area contributed by atoms with Crippen LogP contribution in [0.25, 0.3) is 0 Å². The molecule has 1 atom stereocenters. The zero-order chi connectivity index (χ0) is 6.57. The summed E-state index contributed by atoms with van der Waals surface area (Å²) in [5.74, 6) is 1.81. The van der Waals surface area contributed by atoms with Gasteiger partial charge in [0.15, 0.2) is 0 Å². The first-order chi connectivity index (χ1) is 3.72. The third-order valence-electron chi connectivity index (χ3n) is 1.44. The van der Waals surface area contributed by atoms with Crippen LogP contribution in [0.3, 0.4) is 0 Å². The van der Waals surface area contributed by atoms with E-state index in [2.05, 4.69) is 13.8 Å². The summed E-state index contributed by atoms with van der Waals surface area (Å²) in [5.41, 5.74) is 5.40. The topological polar surface area (TPSA) is 26.0 Å². The van der Waals surface area contributed by atoms with Gasteiger partial charge in [0.25, 0.3) is 0 Å². The third-order valence-corrected chi connectivity index (χ3v) is 1.84. The van der Waals surface area contributed by atoms with Crippen LogP contribution in [0.1, 0.15) is 13.8 Å². The Labute approximate surface area is 56.2 Å². The molecule has 0 aliphatic carbocycles. The van der Waals surface area contributed by atoms with Gasteiger partial charge in [-0.1, -0.05) is 13.8 Å². The van der Waals surface area contributed by atoms with Gasteiger partial charge in [0.1, 0.15) is 0 Å². The molecule has 0 aromatic carbocycles. The number of alkyl halides is 1. The fraction of sp³-hybridized carbons (Fsp3) is 1.00. The Balaban J connectivity index is 3.35. The fourth-order valence-corrected chi connectivity index (χ4v) is 0.996. The Hall–Kier alpha value is 0.250. The van der Waals surface area contributed by atoms with E-state index in [1.165, 1.54) is 0 Å². The zero-order valence-corrected chi connectivity index (χ0v) is 6.28. The molecule has 0 bridgehead atoms. The highest BCUT2D eigenvalue weighted by Gasteiger charge is 2.07. The molecule has 0 saturated carbocycles. The number of nitrogens with two attached hydrogens (primary N) is 1. The van der Waals surface area contributed by atoms with Crippen molar-refractivity contribution in [1.29, 1.82) is 0 Å². The first-order valence-electron chi connectivity index (χ1n) is 2.98. The van der Waals surface area contributed by atoms with E-state index in [1.807, 2.05) is 0 Å². The number of hydrogen-bond acceptors (Lipinski definition) is 1. The summed E-state index contributed by atoms with van der Waals surface area (Å²) in [5, 5.41) is 0. The molecule has 2 heteroatoms. The smallest absolute Gasteiger partial charge is 0.0266 e. The molecule has 50 valence electrons. The lowest BCUT2D eigenvalue weighted by atomic mass is 9.99. The quantitative estimate of drug-likeness (QED) is 0.583. The Morgan fingerprint density at radius 1 is 1.50 bits per heavy atom. The van der Waals surface area contributed by atoms with Crippen molar-refractivity contribution in [3.05, 3.63) is 0 Å². The molecular formula is C6H14ClN. The van der Waals surface area contributed by atoms with Gasteiger partial charge in [-0.3, -0.25) is 0 Å². The van der Waals surface area contributed by atoms with Crippen molar-refractivity contribution < 1.29 is 0 Å². The molecule has 2 N–H and O–H groups in total. The minimum Gasteiger partial charge on any atom is -0.330 e. The SMILES string of the molecule is CC(C)C(CN)CCl. The van der Waals surface area contributed by atoms with Crippen LogP contribution in [0.15, 0.2) is 0 Å². The van der Waals surface area contributed by atoms with Crippen molar-refractivity contribution >= 4 is 11.6 Å². The summed E-state index contributed by atoms with van der Waals surface area (Å²) >= 11 is 5.58. The summed E-state index contributed by atoms with van der Waals surface area (Å²) in [6.45, 7) is 4.99. The van der Waals surface area contributed by atoms with E-state index >= 15 is 0 Å². The van der Waals surface area contributed by atoms with Crippen LogP contribution in [0.2, 0.25) is 0 Å². The van der Waals surface area contributed by atoms with Crippen molar-refractivity contribution in [3.63, 3.8) is 0 Å².